The first-order valence-electron chi connectivity index (χ1n) is 5.45. The molecule has 0 bridgehead atoms. The third kappa shape index (κ3) is 2.78. The lowest BCUT2D eigenvalue weighted by molar-refractivity contribution is 0.414. The SMILES string of the molecule is CNC(C)(C)c1cncn1Cc1cc(Br)cs1. The van der Waals surface area contributed by atoms with Crippen LogP contribution in [-0.2, 0) is 12.1 Å². The highest BCUT2D eigenvalue weighted by atomic mass is 79.9. The number of halogens is 1. The van der Waals surface area contributed by atoms with Gasteiger partial charge in [0.25, 0.3) is 0 Å². The number of hydrogen-bond acceptors (Lipinski definition) is 3. The Hall–Kier alpha value is -0.650. The molecule has 0 amide bonds. The van der Waals surface area contributed by atoms with Crippen LogP contribution in [0.1, 0.15) is 24.4 Å². The van der Waals surface area contributed by atoms with Crippen molar-refractivity contribution in [1.82, 2.24) is 14.9 Å². The van der Waals surface area contributed by atoms with E-state index >= 15 is 0 Å². The zero-order valence-electron chi connectivity index (χ0n) is 10.2. The highest BCUT2D eigenvalue weighted by Crippen LogP contribution is 2.24. The molecule has 0 unspecified atom stereocenters. The van der Waals surface area contributed by atoms with E-state index in [1.165, 1.54) is 10.6 Å². The maximum Gasteiger partial charge on any atom is 0.0952 e. The van der Waals surface area contributed by atoms with Crippen molar-refractivity contribution in [3.63, 3.8) is 0 Å². The average Bonchev–Trinajstić information content (AvgIpc) is 2.89. The lowest BCUT2D eigenvalue weighted by Gasteiger charge is -2.25. The fraction of sp³-hybridized carbons (Fsp3) is 0.417. The van der Waals surface area contributed by atoms with Crippen LogP contribution in [0.15, 0.2) is 28.4 Å². The van der Waals surface area contributed by atoms with Gasteiger partial charge in [0.05, 0.1) is 30.3 Å². The molecule has 0 aromatic carbocycles. The number of hydrogen-bond donors (Lipinski definition) is 1. The summed E-state index contributed by atoms with van der Waals surface area (Å²) in [7, 11) is 1.97. The summed E-state index contributed by atoms with van der Waals surface area (Å²) in [6, 6.07) is 2.15. The molecule has 0 saturated heterocycles. The summed E-state index contributed by atoms with van der Waals surface area (Å²) in [5.41, 5.74) is 1.13. The zero-order chi connectivity index (χ0) is 12.5. The first-order valence-corrected chi connectivity index (χ1v) is 7.12. The van der Waals surface area contributed by atoms with Crippen molar-refractivity contribution >= 4 is 27.3 Å². The fourth-order valence-corrected chi connectivity index (χ4v) is 3.15. The molecule has 2 rings (SSSR count). The second kappa shape index (κ2) is 4.92. The van der Waals surface area contributed by atoms with Gasteiger partial charge in [0.1, 0.15) is 0 Å². The van der Waals surface area contributed by atoms with E-state index in [0.29, 0.717) is 0 Å². The predicted molar refractivity (Wildman–Crippen MR) is 75.4 cm³/mol. The Morgan fingerprint density at radius 1 is 1.53 bits per heavy atom. The molecule has 0 aliphatic carbocycles. The van der Waals surface area contributed by atoms with E-state index < -0.39 is 0 Å². The topological polar surface area (TPSA) is 29.9 Å². The second-order valence-electron chi connectivity index (χ2n) is 4.51. The molecule has 92 valence electrons. The van der Waals surface area contributed by atoms with Gasteiger partial charge in [-0.05, 0) is 42.9 Å². The molecule has 0 saturated carbocycles. The van der Waals surface area contributed by atoms with Crippen molar-refractivity contribution in [2.75, 3.05) is 7.05 Å². The van der Waals surface area contributed by atoms with Gasteiger partial charge in [0, 0.05) is 14.7 Å². The van der Waals surface area contributed by atoms with Crippen LogP contribution in [0.2, 0.25) is 0 Å². The summed E-state index contributed by atoms with van der Waals surface area (Å²) in [5, 5.41) is 5.41. The number of aromatic nitrogens is 2. The second-order valence-corrected chi connectivity index (χ2v) is 6.42. The minimum atomic E-state index is -0.0645. The lowest BCUT2D eigenvalue weighted by Crippen LogP contribution is -2.35. The maximum atomic E-state index is 4.26. The first kappa shape index (κ1) is 12.8. The van der Waals surface area contributed by atoms with Crippen LogP contribution in [0.5, 0.6) is 0 Å². The predicted octanol–water partition coefficient (Wildman–Crippen LogP) is 3.21. The van der Waals surface area contributed by atoms with Crippen molar-refractivity contribution in [3.8, 4) is 0 Å². The highest BCUT2D eigenvalue weighted by Gasteiger charge is 2.22. The summed E-state index contributed by atoms with van der Waals surface area (Å²) < 4.78 is 3.33. The van der Waals surface area contributed by atoms with Crippen molar-refractivity contribution in [1.29, 1.82) is 0 Å². The number of nitrogens with zero attached hydrogens (tertiary/aromatic N) is 2. The van der Waals surface area contributed by atoms with Gasteiger partial charge in [-0.25, -0.2) is 4.98 Å². The van der Waals surface area contributed by atoms with E-state index in [0.717, 1.165) is 11.0 Å². The van der Waals surface area contributed by atoms with E-state index in [-0.39, 0.29) is 5.54 Å². The molecule has 5 heteroatoms. The molecule has 2 aromatic rings. The third-order valence-electron chi connectivity index (χ3n) is 2.93. The van der Waals surface area contributed by atoms with Crippen molar-refractivity contribution in [3.05, 3.63) is 39.0 Å². The van der Waals surface area contributed by atoms with Crippen molar-refractivity contribution in [2.45, 2.75) is 25.9 Å². The molecule has 2 aromatic heterocycles. The maximum absolute atomic E-state index is 4.26. The van der Waals surface area contributed by atoms with Crippen LogP contribution in [0.3, 0.4) is 0 Å². The Morgan fingerprint density at radius 3 is 2.88 bits per heavy atom. The summed E-state index contributed by atoms with van der Waals surface area (Å²) in [6.07, 6.45) is 3.82. The lowest BCUT2D eigenvalue weighted by atomic mass is 10.0. The Morgan fingerprint density at radius 2 is 2.29 bits per heavy atom. The zero-order valence-corrected chi connectivity index (χ0v) is 12.6. The van der Waals surface area contributed by atoms with Crippen LogP contribution >= 0.6 is 27.3 Å². The van der Waals surface area contributed by atoms with Gasteiger partial charge in [-0.3, -0.25) is 0 Å². The molecule has 0 aliphatic rings. The molecule has 2 heterocycles. The van der Waals surface area contributed by atoms with Gasteiger partial charge in [0.2, 0.25) is 0 Å². The fourth-order valence-electron chi connectivity index (χ4n) is 1.70. The van der Waals surface area contributed by atoms with E-state index in [1.54, 1.807) is 11.3 Å². The van der Waals surface area contributed by atoms with Crippen LogP contribution in [0.25, 0.3) is 0 Å². The first-order chi connectivity index (χ1) is 8.03. The van der Waals surface area contributed by atoms with Gasteiger partial charge in [-0.2, -0.15) is 0 Å². The largest absolute Gasteiger partial charge is 0.328 e. The molecule has 3 nitrogen and oxygen atoms in total. The third-order valence-corrected chi connectivity index (χ3v) is 4.61. The van der Waals surface area contributed by atoms with Crippen LogP contribution in [0.4, 0.5) is 0 Å². The average molecular weight is 314 g/mol. The normalized spacial score (nSPS) is 12.0. The molecule has 17 heavy (non-hydrogen) atoms. The molecule has 1 N–H and O–H groups in total. The summed E-state index contributed by atoms with van der Waals surface area (Å²) >= 11 is 5.24. The number of rotatable bonds is 4. The Balaban J connectivity index is 2.26. The Labute approximate surface area is 114 Å². The molecule has 0 spiro atoms. The quantitative estimate of drug-likeness (QED) is 0.939. The van der Waals surface area contributed by atoms with Gasteiger partial charge in [-0.15, -0.1) is 11.3 Å². The van der Waals surface area contributed by atoms with Crippen molar-refractivity contribution < 1.29 is 0 Å². The van der Waals surface area contributed by atoms with Gasteiger partial charge in [-0.1, -0.05) is 0 Å². The summed E-state index contributed by atoms with van der Waals surface area (Å²) in [5.74, 6) is 0. The molecular weight excluding hydrogens is 298 g/mol. The molecule has 0 atom stereocenters. The number of imidazole rings is 1. The number of nitrogens with one attached hydrogen (secondary N) is 1. The minimum Gasteiger partial charge on any atom is -0.328 e. The van der Waals surface area contributed by atoms with Gasteiger partial charge >= 0.3 is 0 Å². The Kier molecular flexibility index (Phi) is 3.70. The van der Waals surface area contributed by atoms with Crippen LogP contribution in [-0.4, -0.2) is 16.6 Å². The number of thiophene rings is 1. The van der Waals surface area contributed by atoms with E-state index in [4.69, 9.17) is 0 Å². The molecule has 0 radical (unpaired) electrons. The van der Waals surface area contributed by atoms with E-state index in [1.807, 2.05) is 19.6 Å². The van der Waals surface area contributed by atoms with Gasteiger partial charge in [0.15, 0.2) is 0 Å². The smallest absolute Gasteiger partial charge is 0.0952 e. The molecule has 0 fully saturated rings. The Bertz CT molecular complexity index is 501. The summed E-state index contributed by atoms with van der Waals surface area (Å²) in [6.45, 7) is 5.19. The molecule has 0 aliphatic heterocycles. The monoisotopic (exact) mass is 313 g/mol. The van der Waals surface area contributed by atoms with Crippen molar-refractivity contribution in [2.24, 2.45) is 0 Å². The standard InChI is InChI=1S/C12H16BrN3S/c1-12(2,14-3)11-5-15-8-16(11)6-10-4-9(13)7-17-10/h4-5,7-8,14H,6H2,1-3H3. The van der Waals surface area contributed by atoms with E-state index in [9.17, 15) is 0 Å². The van der Waals surface area contributed by atoms with Crippen LogP contribution < -0.4 is 5.32 Å². The summed E-state index contributed by atoms with van der Waals surface area (Å²) in [4.78, 5) is 5.58. The highest BCUT2D eigenvalue weighted by molar-refractivity contribution is 9.10. The minimum absolute atomic E-state index is 0.0645. The molecular formula is C12H16BrN3S. The van der Waals surface area contributed by atoms with Crippen LogP contribution in [0, 0.1) is 0 Å². The van der Waals surface area contributed by atoms with Gasteiger partial charge < -0.3 is 9.88 Å². The van der Waals surface area contributed by atoms with E-state index in [2.05, 4.69) is 56.1 Å².